The zero-order chi connectivity index (χ0) is 14.7. The number of benzene rings is 2. The lowest BCUT2D eigenvalue weighted by Crippen LogP contribution is -2.14. The molecular weight excluding hydrogens is 266 g/mol. The fraction of sp³-hybridized carbons (Fsp3) is 0.294. The van der Waals surface area contributed by atoms with Gasteiger partial charge in [-0.1, -0.05) is 31.7 Å². The molecule has 0 fully saturated rings. The van der Waals surface area contributed by atoms with Crippen molar-refractivity contribution in [2.24, 2.45) is 0 Å². The number of fused-ring (bicyclic) bond motifs is 2. The highest BCUT2D eigenvalue weighted by molar-refractivity contribution is 7.99. The van der Waals surface area contributed by atoms with Crippen LogP contribution in [0.5, 0.6) is 5.75 Å². The van der Waals surface area contributed by atoms with Crippen molar-refractivity contribution in [2.75, 3.05) is 19.1 Å². The lowest BCUT2D eigenvalue weighted by Gasteiger charge is -2.29. The average molecular weight is 287 g/mol. The molecule has 0 unspecified atom stereocenters. The molecule has 0 saturated carbocycles. The second-order valence-electron chi connectivity index (χ2n) is 4.47. The monoisotopic (exact) mass is 287 g/mol. The topological polar surface area (TPSA) is 12.5 Å². The predicted molar refractivity (Wildman–Crippen MR) is 87.7 cm³/mol. The van der Waals surface area contributed by atoms with Gasteiger partial charge < -0.3 is 9.64 Å². The Bertz CT molecular complexity index is 610. The van der Waals surface area contributed by atoms with Crippen molar-refractivity contribution in [3.63, 3.8) is 0 Å². The van der Waals surface area contributed by atoms with E-state index in [1.165, 1.54) is 26.7 Å². The van der Waals surface area contributed by atoms with Crippen LogP contribution in [0.4, 0.5) is 11.4 Å². The molecule has 3 rings (SSSR count). The van der Waals surface area contributed by atoms with Gasteiger partial charge in [0.05, 0.1) is 18.5 Å². The van der Waals surface area contributed by atoms with Crippen LogP contribution >= 0.6 is 11.8 Å². The smallest absolute Gasteiger partial charge is 0.120 e. The van der Waals surface area contributed by atoms with E-state index < -0.39 is 0 Å². The summed E-state index contributed by atoms with van der Waals surface area (Å²) in [7, 11) is 3.82. The molecule has 0 saturated heterocycles. The number of ether oxygens (including phenoxy) is 1. The zero-order valence-electron chi connectivity index (χ0n) is 12.7. The summed E-state index contributed by atoms with van der Waals surface area (Å²) in [6, 6.07) is 12.8. The molecule has 20 heavy (non-hydrogen) atoms. The Morgan fingerprint density at radius 2 is 1.70 bits per heavy atom. The Balaban J connectivity index is 0.000000704. The number of hydrogen-bond donors (Lipinski definition) is 0. The molecule has 1 aliphatic heterocycles. The van der Waals surface area contributed by atoms with Gasteiger partial charge in [-0.2, -0.15) is 0 Å². The molecule has 0 aliphatic carbocycles. The Hall–Kier alpha value is -1.61. The first-order valence-corrected chi connectivity index (χ1v) is 7.71. The summed E-state index contributed by atoms with van der Waals surface area (Å²) in [5.74, 6) is 0.908. The Kier molecular flexibility index (Phi) is 4.61. The van der Waals surface area contributed by atoms with Crippen LogP contribution in [0.15, 0.2) is 46.2 Å². The third kappa shape index (κ3) is 2.63. The maximum Gasteiger partial charge on any atom is 0.120 e. The summed E-state index contributed by atoms with van der Waals surface area (Å²) in [5, 5.41) is 0. The first-order chi connectivity index (χ1) is 9.69. The standard InChI is InChI=1S/C15H15NOS.C2H6/c1-10-4-7-14-13(8-10)16(2)12-6-5-11(17-3)9-15(12)18-14;1-2/h4-9H,1-3H3;1-2H3. The zero-order valence-corrected chi connectivity index (χ0v) is 13.5. The third-order valence-corrected chi connectivity index (χ3v) is 4.34. The Morgan fingerprint density at radius 3 is 2.40 bits per heavy atom. The molecule has 106 valence electrons. The molecule has 2 aromatic rings. The van der Waals surface area contributed by atoms with Crippen molar-refractivity contribution in [1.82, 2.24) is 0 Å². The minimum absolute atomic E-state index is 0.908. The van der Waals surface area contributed by atoms with Gasteiger partial charge in [0, 0.05) is 16.8 Å². The van der Waals surface area contributed by atoms with Gasteiger partial charge in [-0.3, -0.25) is 0 Å². The summed E-state index contributed by atoms with van der Waals surface area (Å²) in [6.07, 6.45) is 0. The van der Waals surface area contributed by atoms with Crippen LogP contribution in [0.25, 0.3) is 0 Å². The van der Waals surface area contributed by atoms with Crippen LogP contribution in [0, 0.1) is 6.92 Å². The van der Waals surface area contributed by atoms with E-state index in [2.05, 4.69) is 49.2 Å². The van der Waals surface area contributed by atoms with Crippen molar-refractivity contribution in [1.29, 1.82) is 0 Å². The average Bonchev–Trinajstić information content (AvgIpc) is 2.50. The van der Waals surface area contributed by atoms with Crippen molar-refractivity contribution in [3.05, 3.63) is 42.0 Å². The van der Waals surface area contributed by atoms with Crippen LogP contribution in [0.1, 0.15) is 19.4 Å². The first kappa shape index (κ1) is 14.8. The van der Waals surface area contributed by atoms with Crippen LogP contribution in [0.2, 0.25) is 0 Å². The quantitative estimate of drug-likeness (QED) is 0.709. The summed E-state index contributed by atoms with van der Waals surface area (Å²) >= 11 is 1.80. The summed E-state index contributed by atoms with van der Waals surface area (Å²) in [4.78, 5) is 4.78. The molecule has 0 amide bonds. The summed E-state index contributed by atoms with van der Waals surface area (Å²) in [6.45, 7) is 6.13. The molecule has 2 aromatic carbocycles. The lowest BCUT2D eigenvalue weighted by atomic mass is 10.2. The number of aryl methyl sites for hydroxylation is 1. The molecule has 3 heteroatoms. The number of nitrogens with zero attached hydrogens (tertiary/aromatic N) is 1. The van der Waals surface area contributed by atoms with Crippen LogP contribution < -0.4 is 9.64 Å². The number of rotatable bonds is 1. The van der Waals surface area contributed by atoms with Gasteiger partial charge in [0.1, 0.15) is 5.75 Å². The van der Waals surface area contributed by atoms with Crippen LogP contribution in [-0.4, -0.2) is 14.2 Å². The normalized spacial score (nSPS) is 11.9. The number of methoxy groups -OCH3 is 1. The van der Waals surface area contributed by atoms with E-state index in [0.29, 0.717) is 0 Å². The highest BCUT2D eigenvalue weighted by Gasteiger charge is 2.20. The van der Waals surface area contributed by atoms with Crippen LogP contribution in [-0.2, 0) is 0 Å². The highest BCUT2D eigenvalue weighted by Crippen LogP contribution is 2.48. The van der Waals surface area contributed by atoms with E-state index in [-0.39, 0.29) is 0 Å². The largest absolute Gasteiger partial charge is 0.497 e. The van der Waals surface area contributed by atoms with Crippen molar-refractivity contribution in [3.8, 4) is 5.75 Å². The van der Waals surface area contributed by atoms with E-state index in [9.17, 15) is 0 Å². The second kappa shape index (κ2) is 6.23. The molecule has 1 aliphatic rings. The summed E-state index contributed by atoms with van der Waals surface area (Å²) < 4.78 is 5.29. The fourth-order valence-corrected chi connectivity index (χ4v) is 3.36. The first-order valence-electron chi connectivity index (χ1n) is 6.89. The molecule has 2 nitrogen and oxygen atoms in total. The number of anilines is 2. The van der Waals surface area contributed by atoms with Crippen molar-refractivity contribution in [2.45, 2.75) is 30.6 Å². The van der Waals surface area contributed by atoms with Gasteiger partial charge in [0.2, 0.25) is 0 Å². The maximum absolute atomic E-state index is 5.29. The van der Waals surface area contributed by atoms with Gasteiger partial charge in [-0.25, -0.2) is 0 Å². The molecular formula is C17H21NOS. The Morgan fingerprint density at radius 1 is 0.950 bits per heavy atom. The minimum Gasteiger partial charge on any atom is -0.497 e. The molecule has 1 heterocycles. The fourth-order valence-electron chi connectivity index (χ4n) is 2.20. The third-order valence-electron chi connectivity index (χ3n) is 3.22. The molecule has 0 atom stereocenters. The van der Waals surface area contributed by atoms with E-state index in [4.69, 9.17) is 4.74 Å². The number of hydrogen-bond acceptors (Lipinski definition) is 3. The lowest BCUT2D eigenvalue weighted by molar-refractivity contribution is 0.413. The minimum atomic E-state index is 0.908. The molecule has 0 aromatic heterocycles. The highest BCUT2D eigenvalue weighted by atomic mass is 32.2. The predicted octanol–water partition coefficient (Wildman–Crippen LogP) is 5.26. The SMILES string of the molecule is CC.COc1ccc2c(c1)Sc1ccc(C)cc1N2C. The van der Waals surface area contributed by atoms with E-state index >= 15 is 0 Å². The molecule has 0 spiro atoms. The Labute approximate surface area is 125 Å². The van der Waals surface area contributed by atoms with Gasteiger partial charge in [0.25, 0.3) is 0 Å². The van der Waals surface area contributed by atoms with Crippen molar-refractivity contribution < 1.29 is 4.74 Å². The van der Waals surface area contributed by atoms with Gasteiger partial charge in [-0.15, -0.1) is 0 Å². The maximum atomic E-state index is 5.29. The molecule has 0 radical (unpaired) electrons. The molecule has 0 bridgehead atoms. The molecule has 0 N–H and O–H groups in total. The van der Waals surface area contributed by atoms with E-state index in [0.717, 1.165) is 5.75 Å². The van der Waals surface area contributed by atoms with E-state index in [1.54, 1.807) is 18.9 Å². The second-order valence-corrected chi connectivity index (χ2v) is 5.55. The van der Waals surface area contributed by atoms with Gasteiger partial charge in [0.15, 0.2) is 0 Å². The van der Waals surface area contributed by atoms with Crippen molar-refractivity contribution >= 4 is 23.1 Å². The summed E-state index contributed by atoms with van der Waals surface area (Å²) in [5.41, 5.74) is 3.80. The van der Waals surface area contributed by atoms with E-state index in [1.807, 2.05) is 19.9 Å². The van der Waals surface area contributed by atoms with Crippen LogP contribution in [0.3, 0.4) is 0 Å². The van der Waals surface area contributed by atoms with Gasteiger partial charge in [-0.05, 0) is 42.8 Å². The van der Waals surface area contributed by atoms with Gasteiger partial charge >= 0.3 is 0 Å².